The number of benzene rings is 7. The van der Waals surface area contributed by atoms with Gasteiger partial charge >= 0.3 is 0 Å². The van der Waals surface area contributed by atoms with Crippen LogP contribution in [0.5, 0.6) is 0 Å². The third-order valence-electron chi connectivity index (χ3n) is 9.12. The summed E-state index contributed by atoms with van der Waals surface area (Å²) in [6, 6.07) is 41.0. The fourth-order valence-corrected chi connectivity index (χ4v) is 8.37. The van der Waals surface area contributed by atoms with Crippen LogP contribution in [0.15, 0.2) is 109 Å². The average molecular weight is 531 g/mol. The molecule has 0 saturated heterocycles. The minimum Gasteiger partial charge on any atom is -0.135 e. The molecule has 192 valence electrons. The van der Waals surface area contributed by atoms with Crippen LogP contribution in [0.1, 0.15) is 36.1 Å². The standard InChI is InChI=1S/C39H30S/c1-23-17-25-11-5-6-12-26(25)19-35(23)39(3,4)36-21-34-33-20-31-29-15-9-7-13-27(29)28-14-8-10-16-30(28)32(31)22-38(33)40-37(34)18-24(36)2/h5-22H,1-4H3. The molecule has 0 bridgehead atoms. The van der Waals surface area contributed by atoms with E-state index in [1.807, 2.05) is 11.3 Å². The first-order chi connectivity index (χ1) is 19.4. The van der Waals surface area contributed by atoms with Gasteiger partial charge in [0.15, 0.2) is 0 Å². The Hall–Kier alpha value is -4.20. The van der Waals surface area contributed by atoms with E-state index >= 15 is 0 Å². The quantitative estimate of drug-likeness (QED) is 0.195. The maximum absolute atomic E-state index is 2.49. The largest absolute Gasteiger partial charge is 0.135 e. The molecule has 1 heteroatoms. The summed E-state index contributed by atoms with van der Waals surface area (Å²) in [5.74, 6) is 0. The maximum Gasteiger partial charge on any atom is 0.0362 e. The highest BCUT2D eigenvalue weighted by Gasteiger charge is 2.28. The van der Waals surface area contributed by atoms with E-state index in [2.05, 4.69) is 137 Å². The van der Waals surface area contributed by atoms with Gasteiger partial charge in [-0.05, 0) is 103 Å². The summed E-state index contributed by atoms with van der Waals surface area (Å²) in [5, 5.41) is 13.4. The van der Waals surface area contributed by atoms with Gasteiger partial charge in [0.1, 0.15) is 0 Å². The number of hydrogen-bond acceptors (Lipinski definition) is 1. The molecule has 0 aliphatic rings. The summed E-state index contributed by atoms with van der Waals surface area (Å²) < 4.78 is 2.73. The summed E-state index contributed by atoms with van der Waals surface area (Å²) in [4.78, 5) is 0. The van der Waals surface area contributed by atoms with Crippen LogP contribution in [0, 0.1) is 13.8 Å². The topological polar surface area (TPSA) is 0 Å². The molecule has 0 spiro atoms. The zero-order valence-electron chi connectivity index (χ0n) is 23.3. The van der Waals surface area contributed by atoms with Crippen molar-refractivity contribution in [2.75, 3.05) is 0 Å². The summed E-state index contributed by atoms with van der Waals surface area (Å²) >= 11 is 1.92. The zero-order chi connectivity index (χ0) is 27.2. The Morgan fingerprint density at radius 2 is 0.875 bits per heavy atom. The van der Waals surface area contributed by atoms with Crippen molar-refractivity contribution >= 4 is 74.6 Å². The van der Waals surface area contributed by atoms with Gasteiger partial charge in [-0.3, -0.25) is 0 Å². The van der Waals surface area contributed by atoms with Gasteiger partial charge < -0.3 is 0 Å². The summed E-state index contributed by atoms with van der Waals surface area (Å²) in [5.41, 5.74) is 5.39. The van der Waals surface area contributed by atoms with Crippen molar-refractivity contribution < 1.29 is 0 Å². The predicted molar refractivity (Wildman–Crippen MR) is 177 cm³/mol. The number of hydrogen-bond donors (Lipinski definition) is 0. The number of aryl methyl sites for hydroxylation is 2. The van der Waals surface area contributed by atoms with Gasteiger partial charge in [0.2, 0.25) is 0 Å². The van der Waals surface area contributed by atoms with Crippen molar-refractivity contribution in [3.05, 3.63) is 131 Å². The van der Waals surface area contributed by atoms with Crippen molar-refractivity contribution in [1.29, 1.82) is 0 Å². The Morgan fingerprint density at radius 3 is 1.52 bits per heavy atom. The van der Waals surface area contributed by atoms with Crippen LogP contribution in [0.2, 0.25) is 0 Å². The minimum atomic E-state index is -0.125. The summed E-state index contributed by atoms with van der Waals surface area (Å²) in [6.45, 7) is 9.33. The number of fused-ring (bicyclic) bond motifs is 10. The first-order valence-corrected chi connectivity index (χ1v) is 14.9. The van der Waals surface area contributed by atoms with E-state index in [4.69, 9.17) is 0 Å². The Bertz CT molecular complexity index is 2310. The van der Waals surface area contributed by atoms with Crippen LogP contribution in [0.3, 0.4) is 0 Å². The van der Waals surface area contributed by atoms with Crippen molar-refractivity contribution in [3.63, 3.8) is 0 Å². The fourth-order valence-electron chi connectivity index (χ4n) is 7.17. The molecule has 1 aromatic heterocycles. The van der Waals surface area contributed by atoms with Crippen molar-refractivity contribution in [2.24, 2.45) is 0 Å². The highest BCUT2D eigenvalue weighted by Crippen LogP contribution is 2.45. The van der Waals surface area contributed by atoms with E-state index in [9.17, 15) is 0 Å². The number of thiophene rings is 1. The third kappa shape index (κ3) is 3.31. The van der Waals surface area contributed by atoms with Crippen LogP contribution in [-0.2, 0) is 5.41 Å². The third-order valence-corrected chi connectivity index (χ3v) is 10.2. The van der Waals surface area contributed by atoms with Gasteiger partial charge in [-0.15, -0.1) is 11.3 Å². The molecule has 0 amide bonds. The Kier molecular flexibility index (Phi) is 4.97. The van der Waals surface area contributed by atoms with Crippen molar-refractivity contribution in [3.8, 4) is 0 Å². The van der Waals surface area contributed by atoms with Gasteiger partial charge in [-0.25, -0.2) is 0 Å². The molecule has 0 atom stereocenters. The van der Waals surface area contributed by atoms with Gasteiger partial charge in [0.05, 0.1) is 0 Å². The Balaban J connectivity index is 1.42. The first-order valence-electron chi connectivity index (χ1n) is 14.1. The SMILES string of the molecule is Cc1cc2ccccc2cc1C(C)(C)c1cc2c(cc1C)sc1cc3c4ccccc4c4ccccc4c3cc12. The van der Waals surface area contributed by atoms with E-state index in [0.717, 1.165) is 0 Å². The van der Waals surface area contributed by atoms with Crippen molar-refractivity contribution in [1.82, 2.24) is 0 Å². The number of rotatable bonds is 2. The van der Waals surface area contributed by atoms with Crippen molar-refractivity contribution in [2.45, 2.75) is 33.1 Å². The predicted octanol–water partition coefficient (Wildman–Crippen LogP) is 11.6. The monoisotopic (exact) mass is 530 g/mol. The molecule has 0 fully saturated rings. The van der Waals surface area contributed by atoms with E-state index < -0.39 is 0 Å². The van der Waals surface area contributed by atoms with Crippen LogP contribution < -0.4 is 0 Å². The highest BCUT2D eigenvalue weighted by atomic mass is 32.1. The zero-order valence-corrected chi connectivity index (χ0v) is 24.1. The fraction of sp³-hybridized carbons (Fsp3) is 0.128. The normalized spacial score (nSPS) is 12.5. The maximum atomic E-state index is 2.49. The van der Waals surface area contributed by atoms with Crippen LogP contribution in [-0.4, -0.2) is 0 Å². The molecule has 0 saturated carbocycles. The molecule has 0 nitrogen and oxygen atoms in total. The molecular weight excluding hydrogens is 500 g/mol. The van der Waals surface area contributed by atoms with E-state index in [0.29, 0.717) is 0 Å². The second-order valence-electron chi connectivity index (χ2n) is 11.9. The molecule has 0 radical (unpaired) electrons. The van der Waals surface area contributed by atoms with Gasteiger partial charge in [0, 0.05) is 25.6 Å². The lowest BCUT2D eigenvalue weighted by Gasteiger charge is -2.30. The lowest BCUT2D eigenvalue weighted by Crippen LogP contribution is -2.21. The molecule has 0 unspecified atom stereocenters. The molecule has 7 aromatic carbocycles. The molecule has 8 aromatic rings. The first kappa shape index (κ1) is 23.7. The Labute approximate surface area is 238 Å². The molecule has 40 heavy (non-hydrogen) atoms. The lowest BCUT2D eigenvalue weighted by atomic mass is 9.73. The van der Waals surface area contributed by atoms with E-state index in [1.54, 1.807) is 0 Å². The smallest absolute Gasteiger partial charge is 0.0362 e. The second-order valence-corrected chi connectivity index (χ2v) is 13.0. The van der Waals surface area contributed by atoms with E-state index in [1.165, 1.54) is 85.5 Å². The average Bonchev–Trinajstić information content (AvgIpc) is 3.31. The van der Waals surface area contributed by atoms with Gasteiger partial charge in [-0.2, -0.15) is 0 Å². The van der Waals surface area contributed by atoms with Crippen LogP contribution in [0.4, 0.5) is 0 Å². The van der Waals surface area contributed by atoms with Gasteiger partial charge in [-0.1, -0.05) is 98.8 Å². The van der Waals surface area contributed by atoms with Gasteiger partial charge in [0.25, 0.3) is 0 Å². The molecule has 1 heterocycles. The molecule has 0 aliphatic carbocycles. The second kappa shape index (κ2) is 8.40. The lowest BCUT2D eigenvalue weighted by molar-refractivity contribution is 0.633. The van der Waals surface area contributed by atoms with E-state index in [-0.39, 0.29) is 5.41 Å². The molecule has 8 rings (SSSR count). The Morgan fingerprint density at radius 1 is 0.425 bits per heavy atom. The summed E-state index contributed by atoms with van der Waals surface area (Å²) in [6.07, 6.45) is 0. The minimum absolute atomic E-state index is 0.125. The van der Waals surface area contributed by atoms with Crippen LogP contribution in [0.25, 0.3) is 63.3 Å². The van der Waals surface area contributed by atoms with Crippen LogP contribution >= 0.6 is 11.3 Å². The molecular formula is C39H30S. The summed E-state index contributed by atoms with van der Waals surface area (Å²) in [7, 11) is 0. The molecule has 0 aliphatic heterocycles. The molecule has 0 N–H and O–H groups in total. The highest BCUT2D eigenvalue weighted by molar-refractivity contribution is 7.25.